The largest absolute Gasteiger partial charge is 0.271 e. The molecule has 5 heteroatoms. The molecule has 2 nitrogen and oxygen atoms in total. The van der Waals surface area contributed by atoms with Crippen molar-refractivity contribution >= 4 is 38.6 Å². The Labute approximate surface area is 112 Å². The fourth-order valence-corrected chi connectivity index (χ4v) is 3.83. The maximum Gasteiger partial charge on any atom is 0.0557 e. The lowest BCUT2D eigenvalue weighted by Gasteiger charge is -2.13. The highest BCUT2D eigenvalue weighted by molar-refractivity contribution is 9.10. The monoisotopic (exact) mass is 316 g/mol. The molecule has 1 unspecified atom stereocenters. The molecule has 0 aliphatic heterocycles. The van der Waals surface area contributed by atoms with Gasteiger partial charge in [-0.2, -0.15) is 0 Å². The number of hydrazine groups is 1. The third-order valence-corrected chi connectivity index (χ3v) is 5.14. The quantitative estimate of drug-likeness (QED) is 0.652. The van der Waals surface area contributed by atoms with Crippen molar-refractivity contribution < 1.29 is 0 Å². The summed E-state index contributed by atoms with van der Waals surface area (Å²) in [5.41, 5.74) is 2.89. The number of hydrogen-bond acceptors (Lipinski definition) is 4. The average Bonchev–Trinajstić information content (AvgIpc) is 2.91. The van der Waals surface area contributed by atoms with E-state index in [0.717, 1.165) is 17.3 Å². The zero-order valence-electron chi connectivity index (χ0n) is 8.65. The molecule has 2 heterocycles. The van der Waals surface area contributed by atoms with Gasteiger partial charge < -0.3 is 0 Å². The van der Waals surface area contributed by atoms with E-state index in [4.69, 9.17) is 5.84 Å². The van der Waals surface area contributed by atoms with Crippen molar-refractivity contribution in [3.63, 3.8) is 0 Å². The Morgan fingerprint density at radius 2 is 2.31 bits per heavy atom. The van der Waals surface area contributed by atoms with E-state index in [9.17, 15) is 0 Å². The topological polar surface area (TPSA) is 38.0 Å². The number of nitrogens with one attached hydrogen (secondary N) is 1. The van der Waals surface area contributed by atoms with Crippen LogP contribution in [0.3, 0.4) is 0 Å². The molecule has 0 amide bonds. The first-order valence-corrected chi connectivity index (χ1v) is 7.57. The second-order valence-corrected chi connectivity index (χ2v) is 6.40. The van der Waals surface area contributed by atoms with Crippen molar-refractivity contribution in [1.82, 2.24) is 5.43 Å². The van der Waals surface area contributed by atoms with Gasteiger partial charge in [0, 0.05) is 19.6 Å². The van der Waals surface area contributed by atoms with E-state index >= 15 is 0 Å². The number of rotatable bonds is 5. The Morgan fingerprint density at radius 1 is 1.44 bits per heavy atom. The van der Waals surface area contributed by atoms with Gasteiger partial charge in [-0.25, -0.2) is 0 Å². The van der Waals surface area contributed by atoms with Crippen molar-refractivity contribution in [3.05, 3.63) is 43.2 Å². The second kappa shape index (κ2) is 5.93. The smallest absolute Gasteiger partial charge is 0.0557 e. The van der Waals surface area contributed by atoms with Crippen LogP contribution in [0.15, 0.2) is 33.4 Å². The van der Waals surface area contributed by atoms with E-state index in [2.05, 4.69) is 50.3 Å². The Morgan fingerprint density at radius 3 is 2.88 bits per heavy atom. The maximum atomic E-state index is 5.60. The summed E-state index contributed by atoms with van der Waals surface area (Å²) in [7, 11) is 0. The molecule has 2 aromatic heterocycles. The molecule has 0 bridgehead atoms. The van der Waals surface area contributed by atoms with Crippen molar-refractivity contribution in [2.75, 3.05) is 0 Å². The SMILES string of the molecule is NNC(CCc1cccs1)c1cc(Br)cs1. The molecule has 0 saturated carbocycles. The molecule has 86 valence electrons. The molecule has 0 spiro atoms. The summed E-state index contributed by atoms with van der Waals surface area (Å²) in [6.07, 6.45) is 2.10. The number of thiophene rings is 2. The molecule has 0 saturated heterocycles. The van der Waals surface area contributed by atoms with Crippen LogP contribution in [0.4, 0.5) is 0 Å². The van der Waals surface area contributed by atoms with Gasteiger partial charge >= 0.3 is 0 Å². The van der Waals surface area contributed by atoms with Crippen LogP contribution in [0.2, 0.25) is 0 Å². The van der Waals surface area contributed by atoms with Crippen LogP contribution in [-0.4, -0.2) is 0 Å². The van der Waals surface area contributed by atoms with Crippen LogP contribution in [0.1, 0.15) is 22.2 Å². The third kappa shape index (κ3) is 3.15. The molecule has 0 fully saturated rings. The fraction of sp³-hybridized carbons (Fsp3) is 0.273. The molecule has 0 aliphatic rings. The predicted molar refractivity (Wildman–Crippen MR) is 74.7 cm³/mol. The van der Waals surface area contributed by atoms with Gasteiger partial charge in [0.1, 0.15) is 0 Å². The fourth-order valence-electron chi connectivity index (χ4n) is 1.56. The third-order valence-electron chi connectivity index (χ3n) is 2.39. The van der Waals surface area contributed by atoms with E-state index in [1.54, 1.807) is 22.7 Å². The normalized spacial score (nSPS) is 12.9. The maximum absolute atomic E-state index is 5.60. The van der Waals surface area contributed by atoms with E-state index in [1.807, 2.05) is 0 Å². The molecular formula is C11H13BrN2S2. The van der Waals surface area contributed by atoms with Crippen molar-refractivity contribution in [3.8, 4) is 0 Å². The van der Waals surface area contributed by atoms with Crippen molar-refractivity contribution in [2.24, 2.45) is 5.84 Å². The Bertz CT molecular complexity index is 425. The highest BCUT2D eigenvalue weighted by Crippen LogP contribution is 2.28. The first-order chi connectivity index (χ1) is 7.79. The van der Waals surface area contributed by atoms with Gasteiger partial charge in [0.25, 0.3) is 0 Å². The van der Waals surface area contributed by atoms with Crippen LogP contribution in [0, 0.1) is 0 Å². The van der Waals surface area contributed by atoms with Gasteiger partial charge in [0.15, 0.2) is 0 Å². The van der Waals surface area contributed by atoms with Gasteiger partial charge in [-0.1, -0.05) is 6.07 Å². The van der Waals surface area contributed by atoms with Crippen molar-refractivity contribution in [2.45, 2.75) is 18.9 Å². The van der Waals surface area contributed by atoms with Gasteiger partial charge in [-0.05, 0) is 46.3 Å². The Kier molecular flexibility index (Phi) is 4.55. The van der Waals surface area contributed by atoms with Crippen LogP contribution < -0.4 is 11.3 Å². The highest BCUT2D eigenvalue weighted by Gasteiger charge is 2.12. The van der Waals surface area contributed by atoms with Gasteiger partial charge in [0.05, 0.1) is 6.04 Å². The summed E-state index contributed by atoms with van der Waals surface area (Å²) in [5.74, 6) is 5.60. The number of aryl methyl sites for hydroxylation is 1. The molecule has 1 atom stereocenters. The summed E-state index contributed by atoms with van der Waals surface area (Å²) in [5, 5.41) is 4.20. The summed E-state index contributed by atoms with van der Waals surface area (Å²) < 4.78 is 1.13. The van der Waals surface area contributed by atoms with E-state index < -0.39 is 0 Å². The lowest BCUT2D eigenvalue weighted by molar-refractivity contribution is 0.526. The van der Waals surface area contributed by atoms with Crippen LogP contribution >= 0.6 is 38.6 Å². The molecule has 2 aromatic rings. The molecule has 0 aromatic carbocycles. The number of nitrogens with two attached hydrogens (primary N) is 1. The minimum absolute atomic E-state index is 0.249. The summed E-state index contributed by atoms with van der Waals surface area (Å²) in [6, 6.07) is 6.64. The van der Waals surface area contributed by atoms with E-state index in [0.29, 0.717) is 0 Å². The first-order valence-electron chi connectivity index (χ1n) is 5.02. The predicted octanol–water partition coefficient (Wildman–Crippen LogP) is 3.71. The van der Waals surface area contributed by atoms with Gasteiger partial charge in [-0.3, -0.25) is 11.3 Å². The number of halogens is 1. The molecule has 3 N–H and O–H groups in total. The first kappa shape index (κ1) is 12.3. The average molecular weight is 317 g/mol. The minimum atomic E-state index is 0.249. The number of hydrogen-bond donors (Lipinski definition) is 2. The van der Waals surface area contributed by atoms with Crippen LogP contribution in [0.25, 0.3) is 0 Å². The summed E-state index contributed by atoms with van der Waals surface area (Å²) >= 11 is 7.00. The summed E-state index contributed by atoms with van der Waals surface area (Å²) in [4.78, 5) is 2.70. The highest BCUT2D eigenvalue weighted by atomic mass is 79.9. The van der Waals surface area contributed by atoms with E-state index in [1.165, 1.54) is 9.75 Å². The van der Waals surface area contributed by atoms with Crippen LogP contribution in [0.5, 0.6) is 0 Å². The molecule has 2 rings (SSSR count). The standard InChI is InChI=1S/C11H13BrN2S2/c12-8-6-11(16-7-8)10(14-13)4-3-9-2-1-5-15-9/h1-2,5-7,10,14H,3-4,13H2. The Balaban J connectivity index is 1.96. The molecule has 0 radical (unpaired) electrons. The van der Waals surface area contributed by atoms with Crippen molar-refractivity contribution in [1.29, 1.82) is 0 Å². The van der Waals surface area contributed by atoms with Gasteiger partial charge in [0.2, 0.25) is 0 Å². The second-order valence-electron chi connectivity index (χ2n) is 3.50. The molecule has 0 aliphatic carbocycles. The zero-order valence-corrected chi connectivity index (χ0v) is 11.9. The molecular weight excluding hydrogens is 304 g/mol. The van der Waals surface area contributed by atoms with E-state index in [-0.39, 0.29) is 6.04 Å². The minimum Gasteiger partial charge on any atom is -0.271 e. The van der Waals surface area contributed by atoms with Gasteiger partial charge in [-0.15, -0.1) is 22.7 Å². The van der Waals surface area contributed by atoms with Crippen LogP contribution in [-0.2, 0) is 6.42 Å². The molecule has 16 heavy (non-hydrogen) atoms. The Hall–Kier alpha value is -0.200. The lowest BCUT2D eigenvalue weighted by atomic mass is 10.1. The summed E-state index contributed by atoms with van der Waals surface area (Å²) in [6.45, 7) is 0. The lowest BCUT2D eigenvalue weighted by Crippen LogP contribution is -2.27. The zero-order chi connectivity index (χ0) is 11.4.